The van der Waals surface area contributed by atoms with Gasteiger partial charge in [-0.1, -0.05) is 30.0 Å². The van der Waals surface area contributed by atoms with Crippen molar-refractivity contribution in [2.24, 2.45) is 0 Å². The molecule has 1 fully saturated rings. The van der Waals surface area contributed by atoms with E-state index in [1.807, 2.05) is 0 Å². The summed E-state index contributed by atoms with van der Waals surface area (Å²) < 4.78 is 41.2. The van der Waals surface area contributed by atoms with Gasteiger partial charge in [0.1, 0.15) is 18.8 Å². The smallest absolute Gasteiger partial charge is 0.297 e. The number of ether oxygens (including phenoxy) is 2. The van der Waals surface area contributed by atoms with E-state index in [1.165, 1.54) is 12.1 Å². The van der Waals surface area contributed by atoms with Crippen molar-refractivity contribution < 1.29 is 27.2 Å². The second kappa shape index (κ2) is 7.43. The van der Waals surface area contributed by atoms with Crippen molar-refractivity contribution in [1.29, 1.82) is 0 Å². The lowest BCUT2D eigenvalue weighted by Crippen LogP contribution is -2.34. The van der Waals surface area contributed by atoms with E-state index in [4.69, 9.17) is 18.8 Å². The number of aliphatic hydroxyl groups excluding tert-OH is 1. The molecule has 1 heterocycles. The van der Waals surface area contributed by atoms with Crippen molar-refractivity contribution in [2.45, 2.75) is 43.2 Å². The molecule has 1 aliphatic heterocycles. The van der Waals surface area contributed by atoms with Gasteiger partial charge in [0, 0.05) is 6.42 Å². The molecule has 2 atom stereocenters. The van der Waals surface area contributed by atoms with Crippen molar-refractivity contribution in [3.05, 3.63) is 30.3 Å². The highest BCUT2D eigenvalue weighted by atomic mass is 32.2. The summed E-state index contributed by atoms with van der Waals surface area (Å²) >= 11 is 0. The SMILES string of the molecule is CC1(C)OC[C@@H]([C@H](CC#CCO)OS(=O)(=O)c2ccccc2)O1. The molecule has 0 radical (unpaired) electrons. The first-order valence-corrected chi connectivity index (χ1v) is 8.61. The summed E-state index contributed by atoms with van der Waals surface area (Å²) in [6, 6.07) is 7.88. The average molecular weight is 340 g/mol. The lowest BCUT2D eigenvalue weighted by molar-refractivity contribution is -0.148. The second-order valence-corrected chi connectivity index (χ2v) is 7.06. The Labute approximate surface area is 136 Å². The summed E-state index contributed by atoms with van der Waals surface area (Å²) in [6.07, 6.45) is -1.27. The molecule has 1 aromatic rings. The van der Waals surface area contributed by atoms with Crippen LogP contribution in [0.5, 0.6) is 0 Å². The minimum Gasteiger partial charge on any atom is -0.384 e. The molecular formula is C16H20O6S. The standard InChI is InChI=1S/C16H20O6S/c1-16(2)20-12-15(21-16)14(10-6-7-11-17)22-23(18,19)13-8-4-3-5-9-13/h3-5,8-9,14-15,17H,10-12H2,1-2H3/t14-,15-/m0/s1. The Bertz CT molecular complexity index is 672. The van der Waals surface area contributed by atoms with Crippen LogP contribution in [-0.4, -0.2) is 44.7 Å². The highest BCUT2D eigenvalue weighted by Gasteiger charge is 2.39. The highest BCUT2D eigenvalue weighted by Crippen LogP contribution is 2.28. The summed E-state index contributed by atoms with van der Waals surface area (Å²) in [4.78, 5) is 0.0679. The fraction of sp³-hybridized carbons (Fsp3) is 0.500. The lowest BCUT2D eigenvalue weighted by atomic mass is 10.1. The highest BCUT2D eigenvalue weighted by molar-refractivity contribution is 7.86. The van der Waals surface area contributed by atoms with Crippen molar-refractivity contribution in [3.8, 4) is 11.8 Å². The summed E-state index contributed by atoms with van der Waals surface area (Å²) in [7, 11) is -3.94. The fourth-order valence-corrected chi connectivity index (χ4v) is 3.28. The monoisotopic (exact) mass is 340 g/mol. The molecule has 23 heavy (non-hydrogen) atoms. The van der Waals surface area contributed by atoms with E-state index in [-0.39, 0.29) is 24.5 Å². The van der Waals surface area contributed by atoms with Gasteiger partial charge in [0.25, 0.3) is 10.1 Å². The molecule has 126 valence electrons. The van der Waals surface area contributed by atoms with Crippen LogP contribution in [0.4, 0.5) is 0 Å². The maximum Gasteiger partial charge on any atom is 0.297 e. The van der Waals surface area contributed by atoms with Gasteiger partial charge in [-0.2, -0.15) is 8.42 Å². The van der Waals surface area contributed by atoms with E-state index in [0.29, 0.717) is 0 Å². The minimum absolute atomic E-state index is 0.0679. The summed E-state index contributed by atoms with van der Waals surface area (Å²) in [6.45, 7) is 3.40. The predicted octanol–water partition coefficient (Wildman–Crippen LogP) is 1.30. The van der Waals surface area contributed by atoms with Crippen molar-refractivity contribution in [1.82, 2.24) is 0 Å². The van der Waals surface area contributed by atoms with Gasteiger partial charge in [-0.05, 0) is 26.0 Å². The Kier molecular flexibility index (Phi) is 5.79. The summed E-state index contributed by atoms with van der Waals surface area (Å²) in [5, 5.41) is 8.75. The molecule has 0 saturated carbocycles. The third-order valence-electron chi connectivity index (χ3n) is 3.23. The van der Waals surface area contributed by atoms with Gasteiger partial charge in [0.2, 0.25) is 0 Å². The molecule has 0 spiro atoms. The first-order valence-electron chi connectivity index (χ1n) is 7.21. The number of hydrogen-bond acceptors (Lipinski definition) is 6. The number of rotatable bonds is 5. The van der Waals surface area contributed by atoms with Crippen LogP contribution in [0, 0.1) is 11.8 Å². The topological polar surface area (TPSA) is 82.1 Å². The number of hydrogen-bond donors (Lipinski definition) is 1. The van der Waals surface area contributed by atoms with E-state index in [0.717, 1.165) is 0 Å². The van der Waals surface area contributed by atoms with Gasteiger partial charge in [-0.15, -0.1) is 0 Å². The van der Waals surface area contributed by atoms with Crippen LogP contribution < -0.4 is 0 Å². The van der Waals surface area contributed by atoms with Crippen LogP contribution >= 0.6 is 0 Å². The summed E-state index contributed by atoms with van der Waals surface area (Å²) in [5.74, 6) is 4.37. The van der Waals surface area contributed by atoms with Crippen molar-refractivity contribution in [2.75, 3.05) is 13.2 Å². The molecule has 0 amide bonds. The van der Waals surface area contributed by atoms with Gasteiger partial charge >= 0.3 is 0 Å². The summed E-state index contributed by atoms with van der Waals surface area (Å²) in [5.41, 5.74) is 0. The Morgan fingerprint density at radius 2 is 2.04 bits per heavy atom. The van der Waals surface area contributed by atoms with Crippen LogP contribution in [0.1, 0.15) is 20.3 Å². The average Bonchev–Trinajstić information content (AvgIpc) is 2.87. The number of aliphatic hydroxyl groups is 1. The quantitative estimate of drug-likeness (QED) is 0.643. The maximum absolute atomic E-state index is 12.4. The fourth-order valence-electron chi connectivity index (χ4n) is 2.16. The molecular weight excluding hydrogens is 320 g/mol. The van der Waals surface area contributed by atoms with Gasteiger partial charge in [-0.25, -0.2) is 0 Å². The molecule has 2 rings (SSSR count). The molecule has 1 N–H and O–H groups in total. The van der Waals surface area contributed by atoms with Crippen molar-refractivity contribution in [3.63, 3.8) is 0 Å². The van der Waals surface area contributed by atoms with Gasteiger partial charge in [-0.3, -0.25) is 4.18 Å². The van der Waals surface area contributed by atoms with E-state index >= 15 is 0 Å². The molecule has 7 heteroatoms. The van der Waals surface area contributed by atoms with Crippen LogP contribution in [-0.2, 0) is 23.8 Å². The second-order valence-electron chi connectivity index (χ2n) is 5.48. The first kappa shape index (κ1) is 17.9. The van der Waals surface area contributed by atoms with Crippen molar-refractivity contribution >= 4 is 10.1 Å². The van der Waals surface area contributed by atoms with E-state index < -0.39 is 28.1 Å². The van der Waals surface area contributed by atoms with Crippen LogP contribution in [0.15, 0.2) is 35.2 Å². The van der Waals surface area contributed by atoms with Crippen LogP contribution in [0.3, 0.4) is 0 Å². The molecule has 0 aliphatic carbocycles. The third kappa shape index (κ3) is 5.03. The molecule has 0 bridgehead atoms. The number of benzene rings is 1. The normalized spacial score (nSPS) is 21.4. The first-order chi connectivity index (χ1) is 10.8. The molecule has 1 aromatic carbocycles. The van der Waals surface area contributed by atoms with Crippen LogP contribution in [0.25, 0.3) is 0 Å². The van der Waals surface area contributed by atoms with E-state index in [2.05, 4.69) is 11.8 Å². The minimum atomic E-state index is -3.94. The Morgan fingerprint density at radius 3 is 2.61 bits per heavy atom. The van der Waals surface area contributed by atoms with E-state index in [1.54, 1.807) is 32.0 Å². The lowest BCUT2D eigenvalue weighted by Gasteiger charge is -2.22. The van der Waals surface area contributed by atoms with Gasteiger partial charge < -0.3 is 14.6 Å². The molecule has 1 aliphatic rings. The molecule has 0 aromatic heterocycles. The Morgan fingerprint density at radius 1 is 1.35 bits per heavy atom. The molecule has 1 saturated heterocycles. The van der Waals surface area contributed by atoms with Gasteiger partial charge in [0.05, 0.1) is 11.5 Å². The van der Waals surface area contributed by atoms with E-state index in [9.17, 15) is 8.42 Å². The molecule has 0 unspecified atom stereocenters. The van der Waals surface area contributed by atoms with Crippen LogP contribution in [0.2, 0.25) is 0 Å². The zero-order valence-electron chi connectivity index (χ0n) is 13.1. The molecule has 6 nitrogen and oxygen atoms in total. The zero-order chi connectivity index (χ0) is 16.9. The Hall–Kier alpha value is -1.43. The largest absolute Gasteiger partial charge is 0.384 e. The predicted molar refractivity (Wildman–Crippen MR) is 82.9 cm³/mol. The maximum atomic E-state index is 12.4. The Balaban J connectivity index is 2.17. The third-order valence-corrected chi connectivity index (χ3v) is 4.58. The zero-order valence-corrected chi connectivity index (χ0v) is 13.9. The van der Waals surface area contributed by atoms with Gasteiger partial charge in [0.15, 0.2) is 5.79 Å².